The summed E-state index contributed by atoms with van der Waals surface area (Å²) in [6.45, 7) is 7.27. The Balaban J connectivity index is 0.000000190. The van der Waals surface area contributed by atoms with Crippen LogP contribution in [0.15, 0.2) is 291 Å². The van der Waals surface area contributed by atoms with E-state index in [0.29, 0.717) is 61.8 Å². The Morgan fingerprint density at radius 3 is 1.07 bits per heavy atom. The van der Waals surface area contributed by atoms with Crippen molar-refractivity contribution in [1.29, 1.82) is 0 Å². The van der Waals surface area contributed by atoms with E-state index in [9.17, 15) is 91.1 Å². The lowest BCUT2D eigenvalue weighted by Gasteiger charge is -2.01. The molecule has 12 aromatic carbocycles. The third-order valence-corrected chi connectivity index (χ3v) is 15.4. The number of Topliss-reactive ketones (excluding diaryl/α,β-unsaturated/α-hetero) is 1. The zero-order valence-corrected chi connectivity index (χ0v) is 60.9. The van der Waals surface area contributed by atoms with Gasteiger partial charge in [0.1, 0.15) is 34.4 Å². The highest BCUT2D eigenvalue weighted by Crippen LogP contribution is 2.33. The van der Waals surface area contributed by atoms with E-state index in [4.69, 9.17) is 6.42 Å². The van der Waals surface area contributed by atoms with Crippen LogP contribution in [-0.2, 0) is 0 Å². The molecule has 0 spiro atoms. The van der Waals surface area contributed by atoms with Crippen molar-refractivity contribution in [2.45, 2.75) is 27.7 Å². The number of phenols is 7. The van der Waals surface area contributed by atoms with E-state index in [1.54, 1.807) is 97.2 Å². The number of aryl methyl sites for hydroxylation is 3. The first-order chi connectivity index (χ1) is 54.5. The molecule has 0 saturated carbocycles. The number of carbonyl (C=O) groups excluding carboxylic acids is 1. The number of aliphatic imine (C=N–C) groups is 6. The topological polar surface area (TPSA) is 449 Å². The zero-order valence-electron chi connectivity index (χ0n) is 60.9. The quantitative estimate of drug-likeness (QED) is 0.0138. The number of para-hydroxylation sites is 4. The molecule has 114 heavy (non-hydrogen) atoms. The summed E-state index contributed by atoms with van der Waals surface area (Å²) in [5.41, 5.74) is 9.21. The van der Waals surface area contributed by atoms with Gasteiger partial charge in [-0.3, -0.25) is 85.3 Å². The van der Waals surface area contributed by atoms with Gasteiger partial charge in [-0.25, -0.2) is 0 Å². The first-order valence-electron chi connectivity index (χ1n) is 33.6. The maximum atomic E-state index is 11.3. The molecule has 29 heteroatoms. The van der Waals surface area contributed by atoms with Crippen LogP contribution >= 0.6 is 0 Å². The molecule has 7 N–H and O–H groups in total. The highest BCUT2D eigenvalue weighted by atomic mass is 16.6. The van der Waals surface area contributed by atoms with Crippen LogP contribution < -0.4 is 0 Å². The standard InChI is InChI=1S/C16H15NO2.C15H10N2O3.C14H12N2O4.C14H12N2O3.2C13H10N2O3/c1-11-6-7-16(19)14(8-11)10-17-15-5-3-4-13(9-15)12(2)18;1-2-11-4-3-5-13(8-11)16-10-12-9-14(17(19)20)6-7-15(12)18;1-9-5-6-13(17)11(7-9)15-8-10-3-2-4-12(14(10)18)16(19)20;1-10-3-2-4-12(7-10)15-9-11-8-13(16(18)19)5-6-14(11)17;16-13-10(5-4-8-12(13)15(17)18)9-14-11-6-2-1-3-7-11;16-13-7-6-12(15(17)18)8-10(13)9-14-11-4-2-1-3-5-11/h3-10,19H,1-2H3;1,3-10,18H;2-8,17-18H,1H3;2-9,17H,1H3;2*1-9,16H. The van der Waals surface area contributed by atoms with Gasteiger partial charge >= 0.3 is 11.4 Å². The van der Waals surface area contributed by atoms with E-state index in [1.807, 2.05) is 99.6 Å². The highest BCUT2D eigenvalue weighted by Gasteiger charge is 2.18. The van der Waals surface area contributed by atoms with Gasteiger partial charge < -0.3 is 35.7 Å². The maximum absolute atomic E-state index is 11.3. The van der Waals surface area contributed by atoms with Crippen molar-refractivity contribution in [3.63, 3.8) is 0 Å². The van der Waals surface area contributed by atoms with E-state index in [2.05, 4.69) is 35.9 Å². The molecule has 0 aromatic heterocycles. The fraction of sp³-hybridized carbons (Fsp3) is 0.0471. The lowest BCUT2D eigenvalue weighted by molar-refractivity contribution is -0.386. The number of nitro benzene ring substituents is 5. The molecular weight excluding hydrogens is 1460 g/mol. The van der Waals surface area contributed by atoms with Crippen LogP contribution in [0.3, 0.4) is 0 Å². The maximum Gasteiger partial charge on any atom is 0.311 e. The van der Waals surface area contributed by atoms with E-state index in [-0.39, 0.29) is 79.8 Å². The van der Waals surface area contributed by atoms with Gasteiger partial charge in [0, 0.05) is 130 Å². The summed E-state index contributed by atoms with van der Waals surface area (Å²) in [5.74, 6) is 1.71. The van der Waals surface area contributed by atoms with Crippen molar-refractivity contribution >= 4 is 106 Å². The molecule has 0 heterocycles. The van der Waals surface area contributed by atoms with E-state index < -0.39 is 30.4 Å². The minimum absolute atomic E-state index is 0.00299. The van der Waals surface area contributed by atoms with E-state index in [0.717, 1.165) is 22.4 Å². The molecule has 0 saturated heterocycles. The van der Waals surface area contributed by atoms with Gasteiger partial charge in [-0.05, 0) is 160 Å². The molecule has 572 valence electrons. The molecule has 0 aliphatic heterocycles. The number of hydrogen-bond donors (Lipinski definition) is 7. The number of terminal acetylenes is 1. The second-order valence-electron chi connectivity index (χ2n) is 23.9. The minimum Gasteiger partial charge on any atom is -0.507 e. The molecule has 0 fully saturated rings. The van der Waals surface area contributed by atoms with Crippen LogP contribution in [0.5, 0.6) is 40.2 Å². The SMILES string of the molecule is C#Cc1cccc(N=Cc2cc([N+](=O)[O-])ccc2O)c1.CC(=O)c1cccc(N=Cc2cc(C)ccc2O)c1.Cc1ccc(O)c(N=Cc2cccc([N+](=O)[O-])c2O)c1.Cc1cccc(N=Cc2cc([N+](=O)[O-])ccc2O)c1.O=[N+]([O-])c1ccc(O)c(C=Nc2ccccc2)c1.O=[N+]([O-])c1cccc(C=Nc2ccccc2)c1O. The third kappa shape index (κ3) is 26.8. The number of carbonyl (C=O) groups is 1. The lowest BCUT2D eigenvalue weighted by Crippen LogP contribution is -1.91. The molecule has 12 rings (SSSR count). The summed E-state index contributed by atoms with van der Waals surface area (Å²) in [5, 5.41) is 121. The molecule has 0 atom stereocenters. The predicted octanol–water partition coefficient (Wildman–Crippen LogP) is 19.2. The molecule has 0 radical (unpaired) electrons. The van der Waals surface area contributed by atoms with Crippen LogP contribution in [-0.4, -0.2) is 103 Å². The van der Waals surface area contributed by atoms with Crippen molar-refractivity contribution in [3.05, 3.63) is 373 Å². The Hall–Kier alpha value is -16.5. The van der Waals surface area contributed by atoms with Crippen LogP contribution in [0, 0.1) is 83.7 Å². The smallest absolute Gasteiger partial charge is 0.311 e. The van der Waals surface area contributed by atoms with E-state index in [1.165, 1.54) is 129 Å². The molecule has 0 bridgehead atoms. The third-order valence-electron chi connectivity index (χ3n) is 15.4. The second-order valence-corrected chi connectivity index (χ2v) is 23.9. The molecule has 29 nitrogen and oxygen atoms in total. The summed E-state index contributed by atoms with van der Waals surface area (Å²) in [6, 6.07) is 69.9. The Morgan fingerprint density at radius 1 is 0.325 bits per heavy atom. The predicted molar refractivity (Wildman–Crippen MR) is 438 cm³/mol. The number of phenolic OH excluding ortho intramolecular Hbond substituents is 7. The van der Waals surface area contributed by atoms with Gasteiger partial charge in [0.2, 0.25) is 11.5 Å². The number of benzene rings is 12. The molecule has 0 aliphatic carbocycles. The largest absolute Gasteiger partial charge is 0.507 e. The molecule has 12 aromatic rings. The summed E-state index contributed by atoms with van der Waals surface area (Å²) >= 11 is 0. The fourth-order valence-corrected chi connectivity index (χ4v) is 9.47. The number of hydrogen-bond acceptors (Lipinski definition) is 24. The molecule has 0 unspecified atom stereocenters. The zero-order chi connectivity index (χ0) is 82.8. The molecule has 0 amide bonds. The van der Waals surface area contributed by atoms with Crippen molar-refractivity contribution < 1.29 is 65.2 Å². The summed E-state index contributed by atoms with van der Waals surface area (Å²) in [7, 11) is 0. The van der Waals surface area contributed by atoms with Gasteiger partial charge in [0.05, 0.1) is 53.1 Å². The van der Waals surface area contributed by atoms with Gasteiger partial charge in [-0.2, -0.15) is 0 Å². The number of aromatic hydroxyl groups is 7. The monoisotopic (exact) mass is 1530 g/mol. The Bertz CT molecular complexity index is 5660. The summed E-state index contributed by atoms with van der Waals surface area (Å²) in [4.78, 5) is 86.7. The normalized spacial score (nSPS) is 10.7. The van der Waals surface area contributed by atoms with Crippen LogP contribution in [0.25, 0.3) is 0 Å². The van der Waals surface area contributed by atoms with E-state index >= 15 is 0 Å². The average Bonchev–Trinajstić information content (AvgIpc) is 0.848. The first-order valence-corrected chi connectivity index (χ1v) is 33.6. The van der Waals surface area contributed by atoms with Gasteiger partial charge in [-0.15, -0.1) is 6.42 Å². The van der Waals surface area contributed by atoms with Crippen LogP contribution in [0.2, 0.25) is 0 Å². The number of non-ortho nitro benzene ring substituents is 3. The van der Waals surface area contributed by atoms with Crippen LogP contribution in [0.1, 0.15) is 72.9 Å². The van der Waals surface area contributed by atoms with Gasteiger partial charge in [0.15, 0.2) is 5.78 Å². The summed E-state index contributed by atoms with van der Waals surface area (Å²) in [6.07, 6.45) is 13.7. The molecular formula is C85H69N11O18. The number of rotatable bonds is 18. The van der Waals surface area contributed by atoms with Crippen molar-refractivity contribution in [2.75, 3.05) is 0 Å². The number of ketones is 1. The Kier molecular flexibility index (Phi) is 31.3. The number of nitro groups is 5. The first kappa shape index (κ1) is 84.7. The Morgan fingerprint density at radius 2 is 0.658 bits per heavy atom. The second kappa shape index (κ2) is 42.1. The number of nitrogens with zero attached hydrogens (tertiary/aromatic N) is 11. The summed E-state index contributed by atoms with van der Waals surface area (Å²) < 4.78 is 0. The highest BCUT2D eigenvalue weighted by molar-refractivity contribution is 5.95. The van der Waals surface area contributed by atoms with Crippen molar-refractivity contribution in [3.8, 4) is 52.6 Å². The van der Waals surface area contributed by atoms with Crippen molar-refractivity contribution in [2.24, 2.45) is 30.0 Å². The lowest BCUT2D eigenvalue weighted by atomic mass is 10.1. The fourth-order valence-electron chi connectivity index (χ4n) is 9.47. The average molecular weight is 1530 g/mol. The van der Waals surface area contributed by atoms with Gasteiger partial charge in [0.25, 0.3) is 17.1 Å². The minimum atomic E-state index is -0.670. The van der Waals surface area contributed by atoms with Crippen molar-refractivity contribution in [1.82, 2.24) is 0 Å². The Labute approximate surface area is 650 Å². The van der Waals surface area contributed by atoms with Crippen LogP contribution in [0.4, 0.5) is 62.6 Å². The van der Waals surface area contributed by atoms with Gasteiger partial charge in [-0.1, -0.05) is 102 Å². The molecule has 0 aliphatic rings.